The van der Waals surface area contributed by atoms with Crippen LogP contribution in [0.5, 0.6) is 0 Å². The summed E-state index contributed by atoms with van der Waals surface area (Å²) in [7, 11) is 1.78. The van der Waals surface area contributed by atoms with E-state index in [1.807, 2.05) is 6.92 Å². The number of rotatable bonds is 3. The molecule has 1 saturated carbocycles. The molecule has 0 saturated heterocycles. The van der Waals surface area contributed by atoms with Crippen LogP contribution in [0.2, 0.25) is 0 Å². The van der Waals surface area contributed by atoms with Gasteiger partial charge >= 0.3 is 0 Å². The Morgan fingerprint density at radius 2 is 2.33 bits per heavy atom. The molecule has 6 heteroatoms. The highest BCUT2D eigenvalue weighted by molar-refractivity contribution is 6.00. The Bertz CT molecular complexity index is 667. The van der Waals surface area contributed by atoms with Crippen LogP contribution in [0.4, 0.5) is 0 Å². The smallest absolute Gasteiger partial charge is 0.259 e. The summed E-state index contributed by atoms with van der Waals surface area (Å²) in [6.45, 7) is 2.39. The fraction of sp³-hybridized carbons (Fsp3) is 0.533. The second kappa shape index (κ2) is 5.44. The molecule has 6 nitrogen and oxygen atoms in total. The van der Waals surface area contributed by atoms with Crippen molar-refractivity contribution in [2.45, 2.75) is 32.3 Å². The number of carbonyl (C=O) groups excluding carboxylic acids is 1. The van der Waals surface area contributed by atoms with Crippen LogP contribution < -0.4 is 0 Å². The molecule has 2 aromatic rings. The van der Waals surface area contributed by atoms with Crippen molar-refractivity contribution in [1.82, 2.24) is 19.5 Å². The molecule has 1 aliphatic carbocycles. The van der Waals surface area contributed by atoms with E-state index >= 15 is 0 Å². The normalized spacial score (nSPS) is 21.9. The highest BCUT2D eigenvalue weighted by atomic mass is 16.3. The van der Waals surface area contributed by atoms with Crippen molar-refractivity contribution in [3.05, 3.63) is 29.7 Å². The molecule has 2 aromatic heterocycles. The largest absolute Gasteiger partial charge is 0.393 e. The van der Waals surface area contributed by atoms with Gasteiger partial charge < -0.3 is 10.0 Å². The van der Waals surface area contributed by atoms with Crippen molar-refractivity contribution >= 4 is 11.6 Å². The summed E-state index contributed by atoms with van der Waals surface area (Å²) in [4.78, 5) is 18.6. The van der Waals surface area contributed by atoms with E-state index in [-0.39, 0.29) is 17.9 Å². The highest BCUT2D eigenvalue weighted by Crippen LogP contribution is 2.26. The van der Waals surface area contributed by atoms with E-state index in [2.05, 4.69) is 10.1 Å². The van der Waals surface area contributed by atoms with Crippen molar-refractivity contribution < 1.29 is 9.90 Å². The van der Waals surface area contributed by atoms with Crippen molar-refractivity contribution in [2.75, 3.05) is 13.6 Å². The van der Waals surface area contributed by atoms with Crippen LogP contribution in [0, 0.1) is 12.8 Å². The van der Waals surface area contributed by atoms with Crippen LogP contribution in [0.25, 0.3) is 5.65 Å². The lowest BCUT2D eigenvalue weighted by molar-refractivity contribution is 0.0694. The predicted molar refractivity (Wildman–Crippen MR) is 78.0 cm³/mol. The van der Waals surface area contributed by atoms with Crippen LogP contribution >= 0.6 is 0 Å². The van der Waals surface area contributed by atoms with E-state index in [9.17, 15) is 9.90 Å². The second-order valence-corrected chi connectivity index (χ2v) is 5.79. The molecule has 0 spiro atoms. The molecule has 0 bridgehead atoms. The predicted octanol–water partition coefficient (Wildman–Crippen LogP) is 1.27. The lowest BCUT2D eigenvalue weighted by Crippen LogP contribution is -2.34. The summed E-state index contributed by atoms with van der Waals surface area (Å²) in [5.74, 6) is 0.0920. The summed E-state index contributed by atoms with van der Waals surface area (Å²) in [6.07, 6.45) is 6.00. The van der Waals surface area contributed by atoms with Gasteiger partial charge in [-0.05, 0) is 25.8 Å². The van der Waals surface area contributed by atoms with Crippen LogP contribution in [-0.2, 0) is 0 Å². The van der Waals surface area contributed by atoms with Gasteiger partial charge in [0.2, 0.25) is 0 Å². The molecule has 1 amide bonds. The number of aryl methyl sites for hydroxylation is 1. The Balaban J connectivity index is 1.84. The highest BCUT2D eigenvalue weighted by Gasteiger charge is 2.29. The van der Waals surface area contributed by atoms with E-state index < -0.39 is 0 Å². The van der Waals surface area contributed by atoms with E-state index in [4.69, 9.17) is 0 Å². The Morgan fingerprint density at radius 1 is 1.52 bits per heavy atom. The lowest BCUT2D eigenvalue weighted by atomic mass is 10.1. The zero-order chi connectivity index (χ0) is 15.0. The van der Waals surface area contributed by atoms with Gasteiger partial charge in [0.15, 0.2) is 5.65 Å². The SMILES string of the molecule is Cc1nn2cccnc2c1C(=O)N(C)CC1CCCC1O. The third kappa shape index (κ3) is 2.51. The molecule has 0 aromatic carbocycles. The van der Waals surface area contributed by atoms with Gasteiger partial charge in [0.1, 0.15) is 5.56 Å². The Hall–Kier alpha value is -1.95. The van der Waals surface area contributed by atoms with Crippen LogP contribution in [0.3, 0.4) is 0 Å². The molecular formula is C15H20N4O2. The number of fused-ring (bicyclic) bond motifs is 1. The van der Waals surface area contributed by atoms with Gasteiger partial charge in [0.05, 0.1) is 11.8 Å². The average Bonchev–Trinajstić information content (AvgIpc) is 3.01. The third-order valence-electron chi connectivity index (χ3n) is 4.26. The number of hydrogen-bond donors (Lipinski definition) is 1. The molecule has 3 rings (SSSR count). The van der Waals surface area contributed by atoms with Gasteiger partial charge in [-0.1, -0.05) is 6.42 Å². The molecule has 2 atom stereocenters. The summed E-state index contributed by atoms with van der Waals surface area (Å²) in [5, 5.41) is 14.2. The van der Waals surface area contributed by atoms with Gasteiger partial charge in [-0.25, -0.2) is 9.50 Å². The number of aliphatic hydroxyl groups is 1. The maximum absolute atomic E-state index is 12.7. The first-order valence-electron chi connectivity index (χ1n) is 7.31. The monoisotopic (exact) mass is 288 g/mol. The molecule has 1 fully saturated rings. The minimum atomic E-state index is -0.289. The number of hydrogen-bond acceptors (Lipinski definition) is 4. The van der Waals surface area contributed by atoms with Crippen LogP contribution in [-0.4, -0.2) is 50.2 Å². The summed E-state index contributed by atoms with van der Waals surface area (Å²) < 4.78 is 1.63. The van der Waals surface area contributed by atoms with Gasteiger partial charge in [-0.15, -0.1) is 0 Å². The minimum absolute atomic E-state index is 0.0831. The number of aliphatic hydroxyl groups excluding tert-OH is 1. The van der Waals surface area contributed by atoms with Crippen molar-refractivity contribution in [3.8, 4) is 0 Å². The molecule has 0 aliphatic heterocycles. The molecule has 2 unspecified atom stereocenters. The van der Waals surface area contributed by atoms with Gasteiger partial charge in [0.25, 0.3) is 5.91 Å². The quantitative estimate of drug-likeness (QED) is 0.923. The lowest BCUT2D eigenvalue weighted by Gasteiger charge is -2.23. The zero-order valence-electron chi connectivity index (χ0n) is 12.4. The van der Waals surface area contributed by atoms with Gasteiger partial charge in [-0.2, -0.15) is 5.10 Å². The van der Waals surface area contributed by atoms with Crippen molar-refractivity contribution in [3.63, 3.8) is 0 Å². The molecule has 21 heavy (non-hydrogen) atoms. The fourth-order valence-electron chi connectivity index (χ4n) is 3.10. The number of nitrogens with zero attached hydrogens (tertiary/aromatic N) is 4. The van der Waals surface area contributed by atoms with E-state index in [0.29, 0.717) is 23.4 Å². The van der Waals surface area contributed by atoms with E-state index in [1.165, 1.54) is 0 Å². The molecule has 112 valence electrons. The van der Waals surface area contributed by atoms with Crippen LogP contribution in [0.15, 0.2) is 18.5 Å². The molecular weight excluding hydrogens is 268 g/mol. The topological polar surface area (TPSA) is 70.7 Å². The average molecular weight is 288 g/mol. The van der Waals surface area contributed by atoms with E-state index in [1.54, 1.807) is 34.9 Å². The number of amides is 1. The first-order chi connectivity index (χ1) is 10.1. The summed E-state index contributed by atoms with van der Waals surface area (Å²) >= 11 is 0. The Morgan fingerprint density at radius 3 is 3.05 bits per heavy atom. The summed E-state index contributed by atoms with van der Waals surface area (Å²) in [5.41, 5.74) is 1.81. The first-order valence-corrected chi connectivity index (χ1v) is 7.31. The second-order valence-electron chi connectivity index (χ2n) is 5.79. The molecule has 0 radical (unpaired) electrons. The molecule has 2 heterocycles. The zero-order valence-corrected chi connectivity index (χ0v) is 12.4. The number of carbonyl (C=O) groups is 1. The standard InChI is InChI=1S/C15H20N4O2/c1-10-13(14-16-7-4-8-19(14)17-10)15(21)18(2)9-11-5-3-6-12(11)20/h4,7-8,11-12,20H,3,5-6,9H2,1-2H3. The maximum Gasteiger partial charge on any atom is 0.259 e. The van der Waals surface area contributed by atoms with Gasteiger partial charge in [-0.3, -0.25) is 4.79 Å². The number of aromatic nitrogens is 3. The molecule has 1 aliphatic rings. The Kier molecular flexibility index (Phi) is 3.63. The maximum atomic E-state index is 12.7. The molecule has 1 N–H and O–H groups in total. The van der Waals surface area contributed by atoms with Crippen molar-refractivity contribution in [1.29, 1.82) is 0 Å². The van der Waals surface area contributed by atoms with Crippen molar-refractivity contribution in [2.24, 2.45) is 5.92 Å². The minimum Gasteiger partial charge on any atom is -0.393 e. The Labute approximate surface area is 123 Å². The fourth-order valence-corrected chi connectivity index (χ4v) is 3.10. The summed E-state index contributed by atoms with van der Waals surface area (Å²) in [6, 6.07) is 1.78. The van der Waals surface area contributed by atoms with Gasteiger partial charge in [0, 0.05) is 31.9 Å². The third-order valence-corrected chi connectivity index (χ3v) is 4.26. The first kappa shape index (κ1) is 14.0. The van der Waals surface area contributed by atoms with Crippen LogP contribution in [0.1, 0.15) is 35.3 Å². The van der Waals surface area contributed by atoms with E-state index in [0.717, 1.165) is 19.3 Å².